The fourth-order valence-electron chi connectivity index (χ4n) is 4.40. The zero-order valence-corrected chi connectivity index (χ0v) is 20.6. The van der Waals surface area contributed by atoms with Crippen LogP contribution in [0.2, 0.25) is 0 Å². The number of esters is 1. The minimum absolute atomic E-state index is 0.0580. The molecule has 180 valence electrons. The Kier molecular flexibility index (Phi) is 7.25. The molecule has 1 aliphatic rings. The molecular weight excluding hydrogens is 428 g/mol. The maximum absolute atomic E-state index is 12.4. The number of nitrogens with zero attached hydrogens (tertiary/aromatic N) is 2. The summed E-state index contributed by atoms with van der Waals surface area (Å²) in [5.41, 5.74) is 3.77. The van der Waals surface area contributed by atoms with Crippen molar-refractivity contribution in [3.05, 3.63) is 65.5 Å². The summed E-state index contributed by atoms with van der Waals surface area (Å²) in [4.78, 5) is 19.2. The zero-order chi connectivity index (χ0) is 24.1. The Bertz CT molecular complexity index is 1110. The number of aromatic nitrogens is 1. The molecule has 1 aliphatic carbocycles. The first kappa shape index (κ1) is 23.9. The Morgan fingerprint density at radius 3 is 2.56 bits per heavy atom. The number of benzene rings is 2. The molecule has 0 aliphatic heterocycles. The van der Waals surface area contributed by atoms with Gasteiger partial charge in [0.25, 0.3) is 0 Å². The van der Waals surface area contributed by atoms with Gasteiger partial charge in [0.1, 0.15) is 11.5 Å². The highest BCUT2D eigenvalue weighted by atomic mass is 16.5. The van der Waals surface area contributed by atoms with Crippen molar-refractivity contribution < 1.29 is 18.7 Å². The van der Waals surface area contributed by atoms with Gasteiger partial charge in [-0.2, -0.15) is 0 Å². The number of oxazole rings is 1. The Balaban J connectivity index is 1.33. The average molecular weight is 463 g/mol. The number of carbonyl (C=O) groups excluding carboxylic acids is 1. The number of rotatable bonds is 10. The van der Waals surface area contributed by atoms with Crippen molar-refractivity contribution in [2.45, 2.75) is 46.0 Å². The van der Waals surface area contributed by atoms with Crippen LogP contribution in [-0.4, -0.2) is 38.3 Å². The molecule has 1 heterocycles. The molecule has 1 saturated carbocycles. The lowest BCUT2D eigenvalue weighted by molar-refractivity contribution is -0.161. The van der Waals surface area contributed by atoms with Gasteiger partial charge < -0.3 is 18.8 Å². The molecule has 1 fully saturated rings. The zero-order valence-electron chi connectivity index (χ0n) is 20.6. The summed E-state index contributed by atoms with van der Waals surface area (Å²) >= 11 is 0. The van der Waals surface area contributed by atoms with Crippen LogP contribution in [0.25, 0.3) is 11.5 Å². The molecule has 0 spiro atoms. The first-order valence-corrected chi connectivity index (χ1v) is 12.0. The molecule has 0 amide bonds. The second kappa shape index (κ2) is 10.3. The molecule has 2 aromatic carbocycles. The summed E-state index contributed by atoms with van der Waals surface area (Å²) in [5.74, 6) is 2.20. The number of hydrogen-bond acceptors (Lipinski definition) is 6. The molecule has 0 saturated heterocycles. The SMILES string of the molecule is CCOC(=O)C1(Cc2ccc(OCCc3nc(-c4cccc(N(C)C)c4)oc3C)cc2)CCC1. The van der Waals surface area contributed by atoms with Crippen LogP contribution in [0.15, 0.2) is 52.9 Å². The monoisotopic (exact) mass is 462 g/mol. The normalized spacial score (nSPS) is 14.4. The molecule has 0 bridgehead atoms. The Morgan fingerprint density at radius 1 is 1.15 bits per heavy atom. The number of hydrogen-bond donors (Lipinski definition) is 0. The minimum Gasteiger partial charge on any atom is -0.493 e. The van der Waals surface area contributed by atoms with E-state index in [0.717, 1.165) is 59.7 Å². The lowest BCUT2D eigenvalue weighted by atomic mass is 9.65. The van der Waals surface area contributed by atoms with Crippen LogP contribution in [0.3, 0.4) is 0 Å². The van der Waals surface area contributed by atoms with Crippen molar-refractivity contribution in [2.75, 3.05) is 32.2 Å². The third-order valence-electron chi connectivity index (χ3n) is 6.59. The van der Waals surface area contributed by atoms with E-state index in [-0.39, 0.29) is 11.4 Å². The van der Waals surface area contributed by atoms with Crippen LogP contribution >= 0.6 is 0 Å². The second-order valence-corrected chi connectivity index (χ2v) is 9.24. The summed E-state index contributed by atoms with van der Waals surface area (Å²) in [6, 6.07) is 16.2. The average Bonchev–Trinajstić information content (AvgIpc) is 3.18. The molecule has 0 N–H and O–H groups in total. The van der Waals surface area contributed by atoms with Gasteiger partial charge in [-0.3, -0.25) is 4.79 Å². The van der Waals surface area contributed by atoms with Crippen LogP contribution in [0.5, 0.6) is 5.75 Å². The lowest BCUT2D eigenvalue weighted by Gasteiger charge is -2.39. The second-order valence-electron chi connectivity index (χ2n) is 9.24. The van der Waals surface area contributed by atoms with Gasteiger partial charge in [0.2, 0.25) is 5.89 Å². The highest BCUT2D eigenvalue weighted by Crippen LogP contribution is 2.45. The fraction of sp³-hybridized carbons (Fsp3) is 0.429. The van der Waals surface area contributed by atoms with E-state index in [1.807, 2.05) is 64.3 Å². The summed E-state index contributed by atoms with van der Waals surface area (Å²) < 4.78 is 17.2. The van der Waals surface area contributed by atoms with Crippen molar-refractivity contribution in [1.29, 1.82) is 0 Å². The van der Waals surface area contributed by atoms with E-state index in [1.165, 1.54) is 0 Å². The van der Waals surface area contributed by atoms with Gasteiger partial charge in [-0.15, -0.1) is 0 Å². The van der Waals surface area contributed by atoms with Crippen molar-refractivity contribution in [3.63, 3.8) is 0 Å². The summed E-state index contributed by atoms with van der Waals surface area (Å²) in [7, 11) is 4.03. The standard InChI is InChI=1S/C28H34N2O4/c1-5-32-27(31)28(15-7-16-28)19-21-10-12-24(13-11-21)33-17-14-25-20(2)34-26(29-25)22-8-6-9-23(18-22)30(3)4/h6,8-13,18H,5,7,14-17,19H2,1-4H3. The van der Waals surface area contributed by atoms with Crippen LogP contribution in [0.1, 0.15) is 43.2 Å². The van der Waals surface area contributed by atoms with Crippen molar-refractivity contribution >= 4 is 11.7 Å². The maximum Gasteiger partial charge on any atom is 0.312 e. The quantitative estimate of drug-likeness (QED) is 0.365. The Morgan fingerprint density at radius 2 is 1.91 bits per heavy atom. The summed E-state index contributed by atoms with van der Waals surface area (Å²) in [6.07, 6.45) is 4.29. The lowest BCUT2D eigenvalue weighted by Crippen LogP contribution is -2.41. The smallest absolute Gasteiger partial charge is 0.312 e. The first-order valence-electron chi connectivity index (χ1n) is 12.0. The molecule has 3 aromatic rings. The molecule has 6 heteroatoms. The Hall–Kier alpha value is -3.28. The van der Waals surface area contributed by atoms with Gasteiger partial charge >= 0.3 is 5.97 Å². The van der Waals surface area contributed by atoms with E-state index in [1.54, 1.807) is 0 Å². The summed E-state index contributed by atoms with van der Waals surface area (Å²) in [5, 5.41) is 0. The highest BCUT2D eigenvalue weighted by molar-refractivity contribution is 5.78. The minimum atomic E-state index is -0.341. The first-order chi connectivity index (χ1) is 16.4. The number of ether oxygens (including phenoxy) is 2. The summed E-state index contributed by atoms with van der Waals surface area (Å²) in [6.45, 7) is 4.75. The predicted molar refractivity (Wildman–Crippen MR) is 133 cm³/mol. The van der Waals surface area contributed by atoms with Crippen molar-refractivity contribution in [1.82, 2.24) is 4.98 Å². The van der Waals surface area contributed by atoms with Crippen LogP contribution in [0.4, 0.5) is 5.69 Å². The molecule has 0 unspecified atom stereocenters. The van der Waals surface area contributed by atoms with Crippen LogP contribution < -0.4 is 9.64 Å². The van der Waals surface area contributed by atoms with Gasteiger partial charge in [-0.05, 0) is 69.0 Å². The number of carbonyl (C=O) groups is 1. The molecule has 0 radical (unpaired) electrons. The van der Waals surface area contributed by atoms with E-state index in [9.17, 15) is 4.79 Å². The number of aryl methyl sites for hydroxylation is 1. The fourth-order valence-corrected chi connectivity index (χ4v) is 4.40. The van der Waals surface area contributed by atoms with E-state index in [0.29, 0.717) is 25.5 Å². The largest absolute Gasteiger partial charge is 0.493 e. The van der Waals surface area contributed by atoms with Crippen LogP contribution in [0, 0.1) is 12.3 Å². The van der Waals surface area contributed by atoms with Gasteiger partial charge in [-0.25, -0.2) is 4.98 Å². The van der Waals surface area contributed by atoms with E-state index in [2.05, 4.69) is 17.0 Å². The van der Waals surface area contributed by atoms with E-state index in [4.69, 9.17) is 18.9 Å². The third-order valence-corrected chi connectivity index (χ3v) is 6.59. The molecular formula is C28H34N2O4. The molecule has 0 atom stereocenters. The van der Waals surface area contributed by atoms with Gasteiger partial charge in [-0.1, -0.05) is 24.6 Å². The molecule has 6 nitrogen and oxygen atoms in total. The highest BCUT2D eigenvalue weighted by Gasteiger charge is 2.45. The van der Waals surface area contributed by atoms with Gasteiger partial charge in [0.05, 0.1) is 24.3 Å². The third kappa shape index (κ3) is 5.27. The molecule has 4 rings (SSSR count). The Labute approximate surface area is 201 Å². The van der Waals surface area contributed by atoms with Crippen molar-refractivity contribution in [2.24, 2.45) is 5.41 Å². The molecule has 1 aromatic heterocycles. The maximum atomic E-state index is 12.4. The number of anilines is 1. The predicted octanol–water partition coefficient (Wildman–Crippen LogP) is 5.61. The van der Waals surface area contributed by atoms with Crippen LogP contribution in [-0.2, 0) is 22.4 Å². The molecule has 34 heavy (non-hydrogen) atoms. The van der Waals surface area contributed by atoms with E-state index >= 15 is 0 Å². The van der Waals surface area contributed by atoms with Gasteiger partial charge in [0, 0.05) is 31.8 Å². The van der Waals surface area contributed by atoms with Crippen molar-refractivity contribution in [3.8, 4) is 17.2 Å². The topological polar surface area (TPSA) is 64.8 Å². The van der Waals surface area contributed by atoms with E-state index < -0.39 is 0 Å². The van der Waals surface area contributed by atoms with Gasteiger partial charge in [0.15, 0.2) is 0 Å².